The van der Waals surface area contributed by atoms with Gasteiger partial charge in [-0.2, -0.15) is 8.42 Å². The molecule has 0 bridgehead atoms. The fraction of sp³-hybridized carbons (Fsp3) is 0.571. The number of halogens is 1. The minimum Gasteiger partial charge on any atom is -0.296 e. The van der Waals surface area contributed by atoms with Crippen LogP contribution >= 0.6 is 0 Å². The van der Waals surface area contributed by atoms with Crippen LogP contribution in [0, 0.1) is 11.7 Å². The third kappa shape index (κ3) is 4.74. The van der Waals surface area contributed by atoms with E-state index in [4.69, 9.17) is 5.14 Å². The fourth-order valence-electron chi connectivity index (χ4n) is 2.86. The molecule has 1 aliphatic heterocycles. The lowest BCUT2D eigenvalue weighted by Gasteiger charge is -2.37. The molecule has 0 aliphatic carbocycles. The normalized spacial score (nSPS) is 22.1. The predicted octanol–water partition coefficient (Wildman–Crippen LogP) is 1.39. The third-order valence-electron chi connectivity index (χ3n) is 4.03. The summed E-state index contributed by atoms with van der Waals surface area (Å²) in [5, 5.41) is 4.96. The molecular formula is C14H22FN3O2S. The van der Waals surface area contributed by atoms with Gasteiger partial charge >= 0.3 is 0 Å². The smallest absolute Gasteiger partial charge is 0.274 e. The van der Waals surface area contributed by atoms with E-state index in [-0.39, 0.29) is 17.8 Å². The molecule has 0 saturated carbocycles. The molecule has 118 valence electrons. The van der Waals surface area contributed by atoms with Crippen molar-refractivity contribution in [1.82, 2.24) is 9.62 Å². The van der Waals surface area contributed by atoms with Crippen LogP contribution in [0.2, 0.25) is 0 Å². The van der Waals surface area contributed by atoms with Crippen molar-refractivity contribution < 1.29 is 12.8 Å². The Labute approximate surface area is 125 Å². The number of likely N-dealkylation sites (tertiary alicyclic amines) is 1. The Morgan fingerprint density at radius 3 is 2.86 bits per heavy atom. The van der Waals surface area contributed by atoms with Crippen molar-refractivity contribution in [1.29, 1.82) is 0 Å². The van der Waals surface area contributed by atoms with Gasteiger partial charge in [-0.25, -0.2) is 14.3 Å². The Morgan fingerprint density at radius 2 is 2.19 bits per heavy atom. The summed E-state index contributed by atoms with van der Waals surface area (Å²) in [5.41, 5.74) is 0.678. The quantitative estimate of drug-likeness (QED) is 0.862. The SMILES string of the molecule is C[C@@H](c1ccccc1F)N1CCC[C@H](CNS(N)(=O)=O)C1. The second-order valence-electron chi connectivity index (χ2n) is 5.59. The molecule has 1 saturated heterocycles. The van der Waals surface area contributed by atoms with Gasteiger partial charge < -0.3 is 0 Å². The molecule has 21 heavy (non-hydrogen) atoms. The molecule has 2 rings (SSSR count). The lowest BCUT2D eigenvalue weighted by atomic mass is 9.95. The zero-order valence-corrected chi connectivity index (χ0v) is 12.9. The Balaban J connectivity index is 1.99. The molecule has 7 heteroatoms. The molecule has 0 spiro atoms. The van der Waals surface area contributed by atoms with Gasteiger partial charge in [0.15, 0.2) is 0 Å². The first kappa shape index (κ1) is 16.4. The van der Waals surface area contributed by atoms with Gasteiger partial charge in [-0.05, 0) is 38.3 Å². The van der Waals surface area contributed by atoms with Gasteiger partial charge in [-0.15, -0.1) is 0 Å². The number of nitrogens with one attached hydrogen (secondary N) is 1. The van der Waals surface area contributed by atoms with E-state index in [1.54, 1.807) is 12.1 Å². The highest BCUT2D eigenvalue weighted by Crippen LogP contribution is 2.27. The predicted molar refractivity (Wildman–Crippen MR) is 80.2 cm³/mol. The van der Waals surface area contributed by atoms with Crippen molar-refractivity contribution >= 4 is 10.2 Å². The van der Waals surface area contributed by atoms with Crippen molar-refractivity contribution in [2.75, 3.05) is 19.6 Å². The lowest BCUT2D eigenvalue weighted by molar-refractivity contribution is 0.131. The summed E-state index contributed by atoms with van der Waals surface area (Å²) in [4.78, 5) is 2.19. The first-order valence-corrected chi connectivity index (χ1v) is 8.67. The zero-order chi connectivity index (χ0) is 15.5. The van der Waals surface area contributed by atoms with Crippen LogP contribution < -0.4 is 9.86 Å². The molecule has 1 aliphatic rings. The monoisotopic (exact) mass is 315 g/mol. The van der Waals surface area contributed by atoms with Crippen molar-refractivity contribution in [2.45, 2.75) is 25.8 Å². The molecule has 1 aromatic rings. The Bertz CT molecular complexity index is 579. The average molecular weight is 315 g/mol. The minimum atomic E-state index is -3.65. The summed E-state index contributed by atoms with van der Waals surface area (Å²) in [6, 6.07) is 6.75. The first-order valence-electron chi connectivity index (χ1n) is 7.12. The number of rotatable bonds is 5. The van der Waals surface area contributed by atoms with Crippen LogP contribution in [0.4, 0.5) is 4.39 Å². The van der Waals surface area contributed by atoms with Gasteiger partial charge in [0.05, 0.1) is 0 Å². The highest BCUT2D eigenvalue weighted by Gasteiger charge is 2.26. The molecule has 0 amide bonds. The van der Waals surface area contributed by atoms with Gasteiger partial charge in [-0.1, -0.05) is 18.2 Å². The fourth-order valence-corrected chi connectivity index (χ4v) is 3.33. The molecule has 3 N–H and O–H groups in total. The van der Waals surface area contributed by atoms with E-state index in [1.807, 2.05) is 13.0 Å². The van der Waals surface area contributed by atoms with Crippen LogP contribution in [0.25, 0.3) is 0 Å². The van der Waals surface area contributed by atoms with E-state index >= 15 is 0 Å². The molecule has 1 aromatic carbocycles. The van der Waals surface area contributed by atoms with Gasteiger partial charge in [0.25, 0.3) is 10.2 Å². The van der Waals surface area contributed by atoms with Crippen LogP contribution in [0.15, 0.2) is 24.3 Å². The number of hydrogen-bond acceptors (Lipinski definition) is 3. The molecule has 1 heterocycles. The minimum absolute atomic E-state index is 0.0246. The molecular weight excluding hydrogens is 293 g/mol. The van der Waals surface area contributed by atoms with Crippen LogP contribution in [0.3, 0.4) is 0 Å². The standard InChI is InChI=1S/C14H22FN3O2S/c1-11(13-6-2-3-7-14(13)15)18-8-4-5-12(10-18)9-17-21(16,19)20/h2-3,6-7,11-12,17H,4-5,8-10H2,1H3,(H2,16,19,20)/t11-,12+/m0/s1. The van der Waals surface area contributed by atoms with E-state index in [0.717, 1.165) is 25.9 Å². The Morgan fingerprint density at radius 1 is 1.48 bits per heavy atom. The maximum absolute atomic E-state index is 13.9. The summed E-state index contributed by atoms with van der Waals surface area (Å²) in [6.07, 6.45) is 1.92. The van der Waals surface area contributed by atoms with E-state index in [1.165, 1.54) is 6.07 Å². The topological polar surface area (TPSA) is 75.4 Å². The highest BCUT2D eigenvalue weighted by atomic mass is 32.2. The summed E-state index contributed by atoms with van der Waals surface area (Å²) in [7, 11) is -3.65. The van der Waals surface area contributed by atoms with Gasteiger partial charge in [0.1, 0.15) is 5.82 Å². The number of hydrogen-bond donors (Lipinski definition) is 2. The van der Waals surface area contributed by atoms with E-state index in [2.05, 4.69) is 9.62 Å². The van der Waals surface area contributed by atoms with E-state index in [0.29, 0.717) is 12.1 Å². The van der Waals surface area contributed by atoms with Crippen LogP contribution in [0.5, 0.6) is 0 Å². The average Bonchev–Trinajstić information content (AvgIpc) is 2.44. The number of nitrogens with zero attached hydrogens (tertiary/aromatic N) is 1. The summed E-state index contributed by atoms with van der Waals surface area (Å²) in [6.45, 7) is 3.94. The van der Waals surface area contributed by atoms with Crippen molar-refractivity contribution in [3.05, 3.63) is 35.6 Å². The number of piperidine rings is 1. The molecule has 0 radical (unpaired) electrons. The van der Waals surface area contributed by atoms with E-state index < -0.39 is 10.2 Å². The zero-order valence-electron chi connectivity index (χ0n) is 12.1. The lowest BCUT2D eigenvalue weighted by Crippen LogP contribution is -2.43. The maximum atomic E-state index is 13.9. The van der Waals surface area contributed by atoms with Gasteiger partial charge in [0, 0.05) is 24.7 Å². The number of benzene rings is 1. The van der Waals surface area contributed by atoms with Crippen molar-refractivity contribution in [3.63, 3.8) is 0 Å². The Hall–Kier alpha value is -1.02. The molecule has 5 nitrogen and oxygen atoms in total. The third-order valence-corrected chi connectivity index (χ3v) is 4.60. The van der Waals surface area contributed by atoms with Crippen LogP contribution in [0.1, 0.15) is 31.4 Å². The van der Waals surface area contributed by atoms with E-state index in [9.17, 15) is 12.8 Å². The highest BCUT2D eigenvalue weighted by molar-refractivity contribution is 7.87. The van der Waals surface area contributed by atoms with Gasteiger partial charge in [-0.3, -0.25) is 4.90 Å². The summed E-state index contributed by atoms with van der Waals surface area (Å²) in [5.74, 6) is 0.00100. The van der Waals surface area contributed by atoms with Crippen LogP contribution in [-0.2, 0) is 10.2 Å². The molecule has 0 unspecified atom stereocenters. The van der Waals surface area contributed by atoms with Crippen LogP contribution in [-0.4, -0.2) is 33.0 Å². The second kappa shape index (κ2) is 6.83. The Kier molecular flexibility index (Phi) is 5.32. The molecule has 0 aromatic heterocycles. The van der Waals surface area contributed by atoms with Crippen molar-refractivity contribution in [3.8, 4) is 0 Å². The summed E-state index contributed by atoms with van der Waals surface area (Å²) < 4.78 is 38.1. The summed E-state index contributed by atoms with van der Waals surface area (Å²) >= 11 is 0. The van der Waals surface area contributed by atoms with Gasteiger partial charge in [0.2, 0.25) is 0 Å². The van der Waals surface area contributed by atoms with Crippen molar-refractivity contribution in [2.24, 2.45) is 11.1 Å². The molecule has 2 atom stereocenters. The molecule has 1 fully saturated rings. The largest absolute Gasteiger partial charge is 0.296 e. The second-order valence-corrected chi connectivity index (χ2v) is 6.97. The first-order chi connectivity index (χ1) is 9.87. The maximum Gasteiger partial charge on any atom is 0.274 e. The number of nitrogens with two attached hydrogens (primary N) is 1.